The van der Waals surface area contributed by atoms with Crippen LogP contribution in [0.25, 0.3) is 22.3 Å². The monoisotopic (exact) mass is 420 g/mol. The van der Waals surface area contributed by atoms with Crippen molar-refractivity contribution in [1.29, 1.82) is 0 Å². The highest BCUT2D eigenvalue weighted by molar-refractivity contribution is 6.70. The smallest absolute Gasteiger partial charge is 0.242 e. The Morgan fingerprint density at radius 3 is 1.17 bits per heavy atom. The minimum Gasteiger partial charge on any atom is -0.544 e. The van der Waals surface area contributed by atoms with Gasteiger partial charge in [-0.25, -0.2) is 0 Å². The lowest BCUT2D eigenvalue weighted by Crippen LogP contribution is -2.29. The van der Waals surface area contributed by atoms with Crippen molar-refractivity contribution < 1.29 is 8.85 Å². The van der Waals surface area contributed by atoms with Crippen molar-refractivity contribution in [1.82, 2.24) is 0 Å². The van der Waals surface area contributed by atoms with E-state index in [1.807, 2.05) is 0 Å². The maximum atomic E-state index is 6.09. The summed E-state index contributed by atoms with van der Waals surface area (Å²) in [6, 6.07) is 23.5. The summed E-state index contributed by atoms with van der Waals surface area (Å²) < 4.78 is 12.2. The summed E-state index contributed by atoms with van der Waals surface area (Å²) in [6.45, 7) is 15.4. The molecule has 3 aromatic carbocycles. The molecule has 29 heavy (non-hydrogen) atoms. The van der Waals surface area contributed by atoms with Crippen molar-refractivity contribution in [3.63, 3.8) is 0 Å². The second kappa shape index (κ2) is 8.21. The summed E-state index contributed by atoms with van der Waals surface area (Å²) in [7, 11) is -3.17. The highest BCUT2D eigenvalue weighted by Gasteiger charge is 2.17. The number of benzene rings is 3. The van der Waals surface area contributed by atoms with Crippen LogP contribution in [-0.4, -0.2) is 16.6 Å². The standard InChI is InChI=1S/C25H32O2Si2/c1-19-24(20-11-15-22(16-12-20)26-28(2,3)4)9-8-10-25(19)21-13-17-23(18-14-21)27-29(5,6)7/h8-18H,1-7H3. The van der Waals surface area contributed by atoms with E-state index in [2.05, 4.69) is 113 Å². The molecule has 4 heteroatoms. The Morgan fingerprint density at radius 1 is 0.517 bits per heavy atom. The van der Waals surface area contributed by atoms with Crippen LogP contribution in [0.2, 0.25) is 39.3 Å². The maximum Gasteiger partial charge on any atom is 0.242 e. The van der Waals surface area contributed by atoms with Crippen LogP contribution in [0.1, 0.15) is 5.56 Å². The predicted octanol–water partition coefficient (Wildman–Crippen LogP) is 7.76. The first-order valence-electron chi connectivity index (χ1n) is 10.2. The lowest BCUT2D eigenvalue weighted by atomic mass is 9.93. The zero-order valence-corrected chi connectivity index (χ0v) is 20.7. The molecule has 0 bridgehead atoms. The molecule has 0 saturated heterocycles. The van der Waals surface area contributed by atoms with Gasteiger partial charge in [-0.05, 0) is 98.3 Å². The predicted molar refractivity (Wildman–Crippen MR) is 130 cm³/mol. The summed E-state index contributed by atoms with van der Waals surface area (Å²) in [5.41, 5.74) is 6.22. The van der Waals surface area contributed by atoms with Crippen LogP contribution in [0.5, 0.6) is 11.5 Å². The number of hydrogen-bond donors (Lipinski definition) is 0. The normalized spacial score (nSPS) is 12.0. The zero-order chi connectivity index (χ0) is 21.2. The minimum atomic E-state index is -1.59. The van der Waals surface area contributed by atoms with Crippen LogP contribution in [-0.2, 0) is 0 Å². The van der Waals surface area contributed by atoms with Crippen LogP contribution >= 0.6 is 0 Å². The highest BCUT2D eigenvalue weighted by atomic mass is 28.4. The largest absolute Gasteiger partial charge is 0.544 e. The molecule has 0 atom stereocenters. The molecule has 152 valence electrons. The molecule has 0 fully saturated rings. The molecular formula is C25H32O2Si2. The number of rotatable bonds is 6. The third-order valence-electron chi connectivity index (χ3n) is 4.51. The van der Waals surface area contributed by atoms with E-state index in [4.69, 9.17) is 8.85 Å². The molecule has 0 aliphatic carbocycles. The second-order valence-corrected chi connectivity index (χ2v) is 18.3. The van der Waals surface area contributed by atoms with Crippen molar-refractivity contribution >= 4 is 16.6 Å². The fraction of sp³-hybridized carbons (Fsp3) is 0.280. The first-order valence-corrected chi connectivity index (χ1v) is 17.0. The van der Waals surface area contributed by atoms with Gasteiger partial charge >= 0.3 is 0 Å². The topological polar surface area (TPSA) is 18.5 Å². The molecule has 0 saturated carbocycles. The van der Waals surface area contributed by atoms with Gasteiger partial charge in [0, 0.05) is 0 Å². The SMILES string of the molecule is Cc1c(-c2ccc(O[Si](C)(C)C)cc2)cccc1-c1ccc(O[Si](C)(C)C)cc1. The van der Waals surface area contributed by atoms with E-state index < -0.39 is 16.6 Å². The van der Waals surface area contributed by atoms with Crippen molar-refractivity contribution in [3.8, 4) is 33.8 Å². The molecule has 0 aliphatic rings. The highest BCUT2D eigenvalue weighted by Crippen LogP contribution is 2.33. The Bertz CT molecular complexity index is 886. The molecule has 0 aliphatic heterocycles. The van der Waals surface area contributed by atoms with E-state index in [0.717, 1.165) is 11.5 Å². The Morgan fingerprint density at radius 2 is 0.862 bits per heavy atom. The van der Waals surface area contributed by atoms with Gasteiger partial charge in [0.1, 0.15) is 11.5 Å². The summed E-state index contributed by atoms with van der Waals surface area (Å²) in [5.74, 6) is 1.92. The Kier molecular flexibility index (Phi) is 6.06. The molecule has 0 amide bonds. The van der Waals surface area contributed by atoms with Crippen LogP contribution in [0.15, 0.2) is 66.7 Å². The zero-order valence-electron chi connectivity index (χ0n) is 18.7. The summed E-state index contributed by atoms with van der Waals surface area (Å²) in [6.07, 6.45) is 0. The van der Waals surface area contributed by atoms with Gasteiger partial charge in [0.2, 0.25) is 16.6 Å². The molecule has 0 unspecified atom stereocenters. The van der Waals surface area contributed by atoms with Crippen LogP contribution < -0.4 is 8.85 Å². The maximum absolute atomic E-state index is 6.09. The van der Waals surface area contributed by atoms with E-state index in [9.17, 15) is 0 Å². The fourth-order valence-electron chi connectivity index (χ4n) is 3.37. The van der Waals surface area contributed by atoms with Gasteiger partial charge in [-0.3, -0.25) is 0 Å². The first kappa shape index (κ1) is 21.4. The Labute approximate surface area is 177 Å². The Balaban J connectivity index is 1.88. The van der Waals surface area contributed by atoms with E-state index in [1.54, 1.807) is 0 Å². The summed E-state index contributed by atoms with van der Waals surface area (Å²) in [5, 5.41) is 0. The lowest BCUT2D eigenvalue weighted by molar-refractivity contribution is 0.557. The first-order chi connectivity index (χ1) is 13.5. The van der Waals surface area contributed by atoms with Crippen molar-refractivity contribution in [2.45, 2.75) is 46.2 Å². The van der Waals surface area contributed by atoms with E-state index in [0.29, 0.717) is 0 Å². The van der Waals surface area contributed by atoms with Crippen molar-refractivity contribution in [2.75, 3.05) is 0 Å². The molecule has 2 nitrogen and oxygen atoms in total. The number of hydrogen-bond acceptors (Lipinski definition) is 2. The second-order valence-electron chi connectivity index (χ2n) is 9.46. The van der Waals surface area contributed by atoms with E-state index in [-0.39, 0.29) is 0 Å². The summed E-state index contributed by atoms with van der Waals surface area (Å²) in [4.78, 5) is 0. The van der Waals surface area contributed by atoms with Gasteiger partial charge in [-0.15, -0.1) is 0 Å². The van der Waals surface area contributed by atoms with Crippen LogP contribution in [0.3, 0.4) is 0 Å². The Hall–Kier alpha value is -2.31. The lowest BCUT2D eigenvalue weighted by Gasteiger charge is -2.20. The van der Waals surface area contributed by atoms with Gasteiger partial charge in [0.15, 0.2) is 0 Å². The van der Waals surface area contributed by atoms with Crippen molar-refractivity contribution in [3.05, 3.63) is 72.3 Å². The van der Waals surface area contributed by atoms with Crippen LogP contribution in [0.4, 0.5) is 0 Å². The van der Waals surface area contributed by atoms with Crippen molar-refractivity contribution in [2.24, 2.45) is 0 Å². The van der Waals surface area contributed by atoms with Gasteiger partial charge in [0.05, 0.1) is 0 Å². The molecule has 0 N–H and O–H groups in total. The molecule has 0 spiro atoms. The minimum absolute atomic E-state index is 0.958. The fourth-order valence-corrected chi connectivity index (χ4v) is 5.06. The third-order valence-corrected chi connectivity index (χ3v) is 6.21. The van der Waals surface area contributed by atoms with Gasteiger partial charge in [-0.1, -0.05) is 42.5 Å². The molecule has 0 aromatic heterocycles. The average Bonchev–Trinajstić information content (AvgIpc) is 2.61. The quantitative estimate of drug-likeness (QED) is 0.379. The van der Waals surface area contributed by atoms with Gasteiger partial charge < -0.3 is 8.85 Å². The molecular weight excluding hydrogens is 388 g/mol. The van der Waals surface area contributed by atoms with Gasteiger partial charge in [0.25, 0.3) is 0 Å². The molecule has 3 aromatic rings. The molecule has 0 heterocycles. The average molecular weight is 421 g/mol. The van der Waals surface area contributed by atoms with E-state index in [1.165, 1.54) is 27.8 Å². The summed E-state index contributed by atoms with van der Waals surface area (Å²) >= 11 is 0. The third kappa shape index (κ3) is 5.84. The van der Waals surface area contributed by atoms with Gasteiger partial charge in [-0.2, -0.15) is 0 Å². The van der Waals surface area contributed by atoms with Crippen LogP contribution in [0, 0.1) is 6.92 Å². The molecule has 3 rings (SSSR count). The molecule has 0 radical (unpaired) electrons. The van der Waals surface area contributed by atoms with E-state index >= 15 is 0 Å².